The normalized spacial score (nSPS) is 15.4. The second-order valence-electron chi connectivity index (χ2n) is 8.84. The van der Waals surface area contributed by atoms with Gasteiger partial charge in [0.25, 0.3) is 0 Å². The van der Waals surface area contributed by atoms with Gasteiger partial charge >= 0.3 is 0 Å². The van der Waals surface area contributed by atoms with E-state index in [1.165, 1.54) is 23.5 Å². The molecular weight excluding hydrogens is 525 g/mol. The molecule has 200 valence electrons. The summed E-state index contributed by atoms with van der Waals surface area (Å²) in [6.45, 7) is 8.85. The van der Waals surface area contributed by atoms with Crippen LogP contribution in [0.2, 0.25) is 0 Å². The van der Waals surface area contributed by atoms with Crippen molar-refractivity contribution in [3.63, 3.8) is 0 Å². The lowest BCUT2D eigenvalue weighted by Gasteiger charge is -2.36. The van der Waals surface area contributed by atoms with Crippen LogP contribution in [0.3, 0.4) is 0 Å². The number of hydrogen-bond acceptors (Lipinski definition) is 9. The van der Waals surface area contributed by atoms with Crippen LogP contribution in [0.1, 0.15) is 17.7 Å². The number of anilines is 3. The summed E-state index contributed by atoms with van der Waals surface area (Å²) in [4.78, 5) is 16.0. The molecule has 2 aromatic heterocycles. The highest BCUT2D eigenvalue weighted by Gasteiger charge is 2.33. The summed E-state index contributed by atoms with van der Waals surface area (Å²) in [5.41, 5.74) is 2.73. The molecule has 3 heterocycles. The molecule has 0 radical (unpaired) electrons. The van der Waals surface area contributed by atoms with E-state index in [-0.39, 0.29) is 16.9 Å². The van der Waals surface area contributed by atoms with Crippen molar-refractivity contribution < 1.29 is 12.8 Å². The number of piperidine rings is 1. The van der Waals surface area contributed by atoms with E-state index in [9.17, 15) is 12.8 Å². The van der Waals surface area contributed by atoms with Gasteiger partial charge in [-0.15, -0.1) is 11.3 Å². The van der Waals surface area contributed by atoms with Gasteiger partial charge in [-0.2, -0.15) is 9.29 Å². The summed E-state index contributed by atoms with van der Waals surface area (Å²) >= 11 is 1.45. The van der Waals surface area contributed by atoms with Crippen LogP contribution < -0.4 is 10.6 Å². The molecule has 38 heavy (non-hydrogen) atoms. The van der Waals surface area contributed by atoms with Crippen molar-refractivity contribution in [3.05, 3.63) is 89.9 Å². The van der Waals surface area contributed by atoms with Crippen LogP contribution in [0.25, 0.3) is 0 Å². The van der Waals surface area contributed by atoms with Gasteiger partial charge in [0.15, 0.2) is 0 Å². The highest BCUT2D eigenvalue weighted by molar-refractivity contribution is 7.89. The van der Waals surface area contributed by atoms with Gasteiger partial charge in [0, 0.05) is 34.7 Å². The van der Waals surface area contributed by atoms with Crippen LogP contribution in [0.4, 0.5) is 21.8 Å². The number of thiazole rings is 1. The molecule has 0 amide bonds. The molecule has 0 saturated carbocycles. The fraction of sp³-hybridized carbons (Fsp3) is 0.269. The maximum absolute atomic E-state index is 13.8. The quantitative estimate of drug-likeness (QED) is 0.321. The third-order valence-corrected chi connectivity index (χ3v) is 8.74. The van der Waals surface area contributed by atoms with Crippen LogP contribution in [-0.4, -0.2) is 58.8 Å². The molecule has 1 aromatic carbocycles. The Hall–Kier alpha value is -3.45. The van der Waals surface area contributed by atoms with E-state index in [2.05, 4.69) is 50.7 Å². The number of nitrogens with zero attached hydrogens (tertiary/aromatic N) is 5. The number of aromatic nitrogens is 3. The van der Waals surface area contributed by atoms with Crippen LogP contribution >= 0.6 is 11.3 Å². The van der Waals surface area contributed by atoms with E-state index in [0.29, 0.717) is 23.7 Å². The molecule has 0 spiro atoms. The number of hydrogen-bond donors (Lipinski definition) is 2. The number of likely N-dealkylation sites (tertiary alicyclic amines) is 1. The Morgan fingerprint density at radius 1 is 1.26 bits per heavy atom. The Morgan fingerprint density at radius 2 is 2.00 bits per heavy atom. The zero-order chi connectivity index (χ0) is 27.1. The highest BCUT2D eigenvalue weighted by atomic mass is 32.2. The maximum Gasteiger partial charge on any atom is 0.243 e. The minimum Gasteiger partial charge on any atom is -0.340 e. The van der Waals surface area contributed by atoms with Crippen molar-refractivity contribution in [1.82, 2.24) is 24.2 Å². The molecule has 1 fully saturated rings. The van der Waals surface area contributed by atoms with E-state index in [0.717, 1.165) is 30.8 Å². The predicted molar refractivity (Wildman–Crippen MR) is 149 cm³/mol. The fourth-order valence-corrected chi connectivity index (χ4v) is 6.43. The maximum atomic E-state index is 13.8. The van der Waals surface area contributed by atoms with Crippen LogP contribution in [-0.2, 0) is 16.6 Å². The third kappa shape index (κ3) is 7.10. The molecule has 3 aromatic rings. The average molecular weight is 556 g/mol. The van der Waals surface area contributed by atoms with Crippen LogP contribution in [0.5, 0.6) is 0 Å². The topological polar surface area (TPSA) is 103 Å². The first kappa shape index (κ1) is 27.6. The molecule has 9 nitrogen and oxygen atoms in total. The lowest BCUT2D eigenvalue weighted by atomic mass is 10.1. The van der Waals surface area contributed by atoms with Crippen molar-refractivity contribution in [2.24, 2.45) is 0 Å². The number of sulfonamides is 1. The summed E-state index contributed by atoms with van der Waals surface area (Å²) < 4.78 is 42.3. The molecule has 1 aliphatic heterocycles. The van der Waals surface area contributed by atoms with Gasteiger partial charge in [-0.1, -0.05) is 13.2 Å². The van der Waals surface area contributed by atoms with E-state index in [1.807, 2.05) is 0 Å². The molecule has 0 bridgehead atoms. The van der Waals surface area contributed by atoms with Crippen molar-refractivity contribution in [1.29, 1.82) is 0 Å². The van der Waals surface area contributed by atoms with Gasteiger partial charge in [0.05, 0.1) is 17.0 Å². The molecule has 2 N–H and O–H groups in total. The lowest BCUT2D eigenvalue weighted by molar-refractivity contribution is 0.179. The SMILES string of the molecule is C=C/C(=C\C(=C)F)Nc1ccnc(Nc2ccc(S(=O)(=O)N(Cc3cncs3)C3CCN(C)CC3)cc2)n1. The zero-order valence-electron chi connectivity index (χ0n) is 21.0. The first-order valence-corrected chi connectivity index (χ1v) is 14.3. The number of benzene rings is 1. The largest absolute Gasteiger partial charge is 0.340 e. The predicted octanol–water partition coefficient (Wildman–Crippen LogP) is 4.93. The van der Waals surface area contributed by atoms with Crippen LogP contribution in [0.15, 0.2) is 90.0 Å². The van der Waals surface area contributed by atoms with Gasteiger partial charge in [0.2, 0.25) is 16.0 Å². The van der Waals surface area contributed by atoms with Gasteiger partial charge in [-0.3, -0.25) is 4.98 Å². The second kappa shape index (κ2) is 12.4. The molecule has 4 rings (SSSR count). The van der Waals surface area contributed by atoms with Gasteiger partial charge < -0.3 is 15.5 Å². The fourth-order valence-electron chi connectivity index (χ4n) is 4.09. The number of halogens is 1. The second-order valence-corrected chi connectivity index (χ2v) is 11.7. The lowest BCUT2D eigenvalue weighted by Crippen LogP contribution is -2.46. The average Bonchev–Trinajstić information content (AvgIpc) is 3.41. The molecule has 1 saturated heterocycles. The third-order valence-electron chi connectivity index (χ3n) is 6.07. The summed E-state index contributed by atoms with van der Waals surface area (Å²) in [7, 11) is -1.69. The summed E-state index contributed by atoms with van der Waals surface area (Å²) in [5, 5.41) is 6.01. The summed E-state index contributed by atoms with van der Waals surface area (Å²) in [6.07, 6.45) is 7.46. The standard InChI is InChI=1S/C26H30FN7O2S2/c1-4-20(15-19(2)27)30-25-9-12-29-26(32-25)31-21-5-7-24(8-6-21)38(35,36)34(17-23-16-28-18-37-23)22-10-13-33(3)14-11-22/h4-9,12,15-16,18,22H,1-2,10-11,13-14,17H2,3H3,(H2,29,30,31,32)/b20-15+. The van der Waals surface area contributed by atoms with Gasteiger partial charge in [0.1, 0.15) is 11.6 Å². The molecular formula is C26H30FN7O2S2. The first-order valence-electron chi connectivity index (χ1n) is 12.0. The van der Waals surface area contributed by atoms with Crippen molar-refractivity contribution in [3.8, 4) is 0 Å². The van der Waals surface area contributed by atoms with Crippen molar-refractivity contribution >= 4 is 38.8 Å². The van der Waals surface area contributed by atoms with E-state index in [1.54, 1.807) is 52.5 Å². The minimum atomic E-state index is -3.75. The number of rotatable bonds is 11. The first-order chi connectivity index (χ1) is 18.2. The number of allylic oxidation sites excluding steroid dienone is 3. The van der Waals surface area contributed by atoms with Crippen molar-refractivity contribution in [2.45, 2.75) is 30.3 Å². The zero-order valence-corrected chi connectivity index (χ0v) is 22.7. The van der Waals surface area contributed by atoms with Gasteiger partial charge in [-0.05, 0) is 75.5 Å². The molecule has 1 aliphatic rings. The van der Waals surface area contributed by atoms with E-state index < -0.39 is 15.9 Å². The minimum absolute atomic E-state index is 0.0798. The molecule has 12 heteroatoms. The molecule has 0 unspecified atom stereocenters. The Balaban J connectivity index is 1.51. The van der Waals surface area contributed by atoms with E-state index in [4.69, 9.17) is 0 Å². The highest BCUT2D eigenvalue weighted by Crippen LogP contribution is 2.28. The van der Waals surface area contributed by atoms with Gasteiger partial charge in [-0.25, -0.2) is 17.8 Å². The van der Waals surface area contributed by atoms with Crippen molar-refractivity contribution in [2.75, 3.05) is 30.8 Å². The smallest absolute Gasteiger partial charge is 0.243 e. The summed E-state index contributed by atoms with van der Waals surface area (Å²) in [6, 6.07) is 8.07. The molecule has 0 aliphatic carbocycles. The Labute approximate surface area is 226 Å². The van der Waals surface area contributed by atoms with E-state index >= 15 is 0 Å². The van der Waals surface area contributed by atoms with Crippen LogP contribution in [0, 0.1) is 0 Å². The Bertz CT molecular complexity index is 1390. The molecule has 0 atom stereocenters. The summed E-state index contributed by atoms with van der Waals surface area (Å²) in [5.74, 6) is 0.0912. The number of nitrogens with one attached hydrogen (secondary N) is 2. The Kier molecular flexibility index (Phi) is 9.00. The Morgan fingerprint density at radius 3 is 2.63 bits per heavy atom. The monoisotopic (exact) mass is 555 g/mol.